The van der Waals surface area contributed by atoms with Crippen molar-refractivity contribution in [3.8, 4) is 11.1 Å². The maximum absolute atomic E-state index is 12.2. The monoisotopic (exact) mass is 278 g/mol. The molecule has 0 saturated carbocycles. The van der Waals surface area contributed by atoms with Crippen molar-refractivity contribution in [2.24, 2.45) is 0 Å². The highest BCUT2D eigenvalue weighted by Gasteiger charge is 2.14. The summed E-state index contributed by atoms with van der Waals surface area (Å²) in [4.78, 5) is 23.8. The van der Waals surface area contributed by atoms with Crippen LogP contribution in [0, 0.1) is 6.92 Å². The van der Waals surface area contributed by atoms with Gasteiger partial charge >= 0.3 is 5.63 Å². The average molecular weight is 278 g/mol. The number of hydrogen-bond acceptors (Lipinski definition) is 3. The van der Waals surface area contributed by atoms with Crippen LogP contribution in [0.2, 0.25) is 0 Å². The van der Waals surface area contributed by atoms with Crippen molar-refractivity contribution in [2.45, 2.75) is 13.8 Å². The minimum atomic E-state index is -0.359. The molecule has 0 radical (unpaired) electrons. The van der Waals surface area contributed by atoms with Crippen molar-refractivity contribution in [3.05, 3.63) is 70.1 Å². The summed E-state index contributed by atoms with van der Waals surface area (Å²) in [6.07, 6.45) is 0. The molecule has 0 N–H and O–H groups in total. The van der Waals surface area contributed by atoms with E-state index in [4.69, 9.17) is 4.42 Å². The maximum Gasteiger partial charge on any atom is 0.344 e. The summed E-state index contributed by atoms with van der Waals surface area (Å²) in [5.74, 6) is -0.0104. The molecule has 0 unspecified atom stereocenters. The van der Waals surface area contributed by atoms with E-state index >= 15 is 0 Å². The summed E-state index contributed by atoms with van der Waals surface area (Å²) in [6, 6.07) is 14.5. The number of Topliss-reactive ketones (excluding diaryl/α,β-unsaturated/α-hetero) is 1. The standard InChI is InChI=1S/C18H14O3/c1-11-15-10-14(12(2)19)8-9-16(15)21-18(20)17(11)13-6-4-3-5-7-13/h3-10H,1-2H3. The lowest BCUT2D eigenvalue weighted by Crippen LogP contribution is -2.06. The largest absolute Gasteiger partial charge is 0.422 e. The Morgan fingerprint density at radius 2 is 1.76 bits per heavy atom. The minimum absolute atomic E-state index is 0.0104. The van der Waals surface area contributed by atoms with Gasteiger partial charge in [0, 0.05) is 10.9 Å². The highest BCUT2D eigenvalue weighted by Crippen LogP contribution is 2.27. The zero-order chi connectivity index (χ0) is 15.0. The molecule has 2 aromatic carbocycles. The molecular weight excluding hydrogens is 264 g/mol. The molecule has 3 nitrogen and oxygen atoms in total. The van der Waals surface area contributed by atoms with E-state index < -0.39 is 0 Å². The van der Waals surface area contributed by atoms with Gasteiger partial charge in [-0.3, -0.25) is 4.79 Å². The first-order valence-corrected chi connectivity index (χ1v) is 6.72. The molecule has 0 bridgehead atoms. The van der Waals surface area contributed by atoms with Crippen molar-refractivity contribution in [1.29, 1.82) is 0 Å². The Kier molecular flexibility index (Phi) is 3.18. The number of ketones is 1. The van der Waals surface area contributed by atoms with E-state index in [1.165, 1.54) is 6.92 Å². The molecule has 3 heteroatoms. The van der Waals surface area contributed by atoms with Gasteiger partial charge in [-0.15, -0.1) is 0 Å². The van der Waals surface area contributed by atoms with Gasteiger partial charge in [-0.2, -0.15) is 0 Å². The predicted octanol–water partition coefficient (Wildman–Crippen LogP) is 3.97. The van der Waals surface area contributed by atoms with Gasteiger partial charge in [0.25, 0.3) is 0 Å². The Morgan fingerprint density at radius 1 is 1.05 bits per heavy atom. The number of aryl methyl sites for hydroxylation is 1. The van der Waals surface area contributed by atoms with Gasteiger partial charge in [0.2, 0.25) is 0 Å². The molecule has 0 saturated heterocycles. The topological polar surface area (TPSA) is 47.3 Å². The molecule has 0 aliphatic carbocycles. The molecule has 0 aliphatic heterocycles. The number of carbonyl (C=O) groups excluding carboxylic acids is 1. The molecule has 3 rings (SSSR count). The number of rotatable bonds is 2. The summed E-state index contributed by atoms with van der Waals surface area (Å²) in [5, 5.41) is 0.793. The number of fused-ring (bicyclic) bond motifs is 1. The van der Waals surface area contributed by atoms with Crippen molar-refractivity contribution < 1.29 is 9.21 Å². The summed E-state index contributed by atoms with van der Waals surface area (Å²) >= 11 is 0. The van der Waals surface area contributed by atoms with Gasteiger partial charge in [-0.05, 0) is 43.2 Å². The quantitative estimate of drug-likeness (QED) is 0.526. The Hall–Kier alpha value is -2.68. The Balaban J connectivity index is 2.36. The fourth-order valence-corrected chi connectivity index (χ4v) is 2.51. The van der Waals surface area contributed by atoms with Crippen LogP contribution in [0.4, 0.5) is 0 Å². The van der Waals surface area contributed by atoms with Gasteiger partial charge in [0.1, 0.15) is 5.58 Å². The SMILES string of the molecule is CC(=O)c1ccc2oc(=O)c(-c3ccccc3)c(C)c2c1. The first kappa shape index (κ1) is 13.3. The van der Waals surface area contributed by atoms with Crippen molar-refractivity contribution in [2.75, 3.05) is 0 Å². The van der Waals surface area contributed by atoms with Gasteiger partial charge in [0.15, 0.2) is 5.78 Å². The van der Waals surface area contributed by atoms with Crippen LogP contribution >= 0.6 is 0 Å². The fraction of sp³-hybridized carbons (Fsp3) is 0.111. The molecule has 3 aromatic rings. The summed E-state index contributed by atoms with van der Waals surface area (Å²) in [6.45, 7) is 3.40. The van der Waals surface area contributed by atoms with Crippen molar-refractivity contribution >= 4 is 16.8 Å². The first-order valence-electron chi connectivity index (χ1n) is 6.72. The molecule has 1 heterocycles. The van der Waals surface area contributed by atoms with E-state index in [1.807, 2.05) is 37.3 Å². The number of benzene rings is 2. The molecule has 1 aromatic heterocycles. The third kappa shape index (κ3) is 2.27. The third-order valence-electron chi connectivity index (χ3n) is 3.63. The summed E-state index contributed by atoms with van der Waals surface area (Å²) < 4.78 is 5.40. The molecule has 0 aliphatic rings. The zero-order valence-corrected chi connectivity index (χ0v) is 11.8. The lowest BCUT2D eigenvalue weighted by molar-refractivity contribution is 0.101. The summed E-state index contributed by atoms with van der Waals surface area (Å²) in [5.41, 5.74) is 2.95. The minimum Gasteiger partial charge on any atom is -0.422 e. The first-order chi connectivity index (χ1) is 10.1. The lowest BCUT2D eigenvalue weighted by atomic mass is 9.98. The van der Waals surface area contributed by atoms with Crippen LogP contribution < -0.4 is 5.63 Å². The van der Waals surface area contributed by atoms with Crippen LogP contribution in [0.25, 0.3) is 22.1 Å². The molecule has 104 valence electrons. The van der Waals surface area contributed by atoms with E-state index in [0.717, 1.165) is 16.5 Å². The average Bonchev–Trinajstić information content (AvgIpc) is 2.48. The maximum atomic E-state index is 12.2. The second-order valence-electron chi connectivity index (χ2n) is 5.02. The molecule has 0 amide bonds. The van der Waals surface area contributed by atoms with Crippen molar-refractivity contribution in [1.82, 2.24) is 0 Å². The Labute approximate surface area is 121 Å². The number of carbonyl (C=O) groups is 1. The van der Waals surface area contributed by atoms with E-state index in [2.05, 4.69) is 0 Å². The van der Waals surface area contributed by atoms with E-state index in [1.54, 1.807) is 18.2 Å². The molecular formula is C18H14O3. The highest BCUT2D eigenvalue weighted by molar-refractivity contribution is 5.99. The molecule has 0 spiro atoms. The number of hydrogen-bond donors (Lipinski definition) is 0. The van der Waals surface area contributed by atoms with Crippen LogP contribution in [-0.4, -0.2) is 5.78 Å². The highest BCUT2D eigenvalue weighted by atomic mass is 16.4. The van der Waals surface area contributed by atoms with Gasteiger partial charge in [-0.1, -0.05) is 30.3 Å². The van der Waals surface area contributed by atoms with Gasteiger partial charge in [0.05, 0.1) is 5.56 Å². The lowest BCUT2D eigenvalue weighted by Gasteiger charge is -2.08. The van der Waals surface area contributed by atoms with Crippen LogP contribution in [0.1, 0.15) is 22.8 Å². The molecule has 0 atom stereocenters. The van der Waals surface area contributed by atoms with Crippen LogP contribution in [0.3, 0.4) is 0 Å². The van der Waals surface area contributed by atoms with Gasteiger partial charge in [-0.25, -0.2) is 4.79 Å². The van der Waals surface area contributed by atoms with E-state index in [0.29, 0.717) is 16.7 Å². The van der Waals surface area contributed by atoms with Crippen molar-refractivity contribution in [3.63, 3.8) is 0 Å². The van der Waals surface area contributed by atoms with E-state index in [-0.39, 0.29) is 11.4 Å². The second kappa shape index (κ2) is 5.02. The second-order valence-corrected chi connectivity index (χ2v) is 5.02. The normalized spacial score (nSPS) is 10.8. The fourth-order valence-electron chi connectivity index (χ4n) is 2.51. The summed E-state index contributed by atoms with van der Waals surface area (Å²) in [7, 11) is 0. The van der Waals surface area contributed by atoms with E-state index in [9.17, 15) is 9.59 Å². The molecule has 0 fully saturated rings. The van der Waals surface area contributed by atoms with Gasteiger partial charge < -0.3 is 4.42 Å². The Morgan fingerprint density at radius 3 is 2.43 bits per heavy atom. The molecule has 21 heavy (non-hydrogen) atoms. The predicted molar refractivity (Wildman–Crippen MR) is 82.7 cm³/mol. The van der Waals surface area contributed by atoms with Crippen LogP contribution in [0.5, 0.6) is 0 Å². The van der Waals surface area contributed by atoms with Crippen LogP contribution in [-0.2, 0) is 0 Å². The third-order valence-corrected chi connectivity index (χ3v) is 3.63. The Bertz CT molecular complexity index is 889. The zero-order valence-electron chi connectivity index (χ0n) is 11.8. The smallest absolute Gasteiger partial charge is 0.344 e. The van der Waals surface area contributed by atoms with Crippen LogP contribution in [0.15, 0.2) is 57.7 Å².